The van der Waals surface area contributed by atoms with Crippen LogP contribution in [0.25, 0.3) is 0 Å². The highest BCUT2D eigenvalue weighted by molar-refractivity contribution is 5.96. The second kappa shape index (κ2) is 2.38. The van der Waals surface area contributed by atoms with Gasteiger partial charge in [-0.2, -0.15) is 0 Å². The molecular formula is C9H10N2. The maximum absolute atomic E-state index is 4.23. The van der Waals surface area contributed by atoms with Gasteiger partial charge >= 0.3 is 0 Å². The quantitative estimate of drug-likeness (QED) is 0.507. The Morgan fingerprint density at radius 3 is 3.18 bits per heavy atom. The molecule has 2 aliphatic rings. The fourth-order valence-corrected chi connectivity index (χ4v) is 1.24. The van der Waals surface area contributed by atoms with Crippen LogP contribution in [0.4, 0.5) is 0 Å². The lowest BCUT2D eigenvalue weighted by molar-refractivity contribution is 0.491. The first kappa shape index (κ1) is 6.40. The summed E-state index contributed by atoms with van der Waals surface area (Å²) in [6, 6.07) is 0.434. The molecule has 2 aliphatic heterocycles. The van der Waals surface area contributed by atoms with Crippen LogP contribution in [0.1, 0.15) is 6.92 Å². The van der Waals surface area contributed by atoms with Crippen LogP contribution >= 0.6 is 0 Å². The van der Waals surface area contributed by atoms with Crippen LogP contribution in [-0.2, 0) is 0 Å². The molecule has 0 aliphatic carbocycles. The molecule has 56 valence electrons. The van der Waals surface area contributed by atoms with Gasteiger partial charge in [0.2, 0.25) is 0 Å². The predicted octanol–water partition coefficient (Wildman–Crippen LogP) is 1.69. The third-order valence-electron chi connectivity index (χ3n) is 1.88. The Bertz CT molecular complexity index is 271. The number of amidine groups is 1. The standard InChI is InChI=1S/C9H10N2/c1-8-5-6-10-9-4-2-3-7-11(8)9/h2-8H,1H3. The minimum Gasteiger partial charge on any atom is -0.326 e. The van der Waals surface area contributed by atoms with Crippen LogP contribution in [-0.4, -0.2) is 16.8 Å². The van der Waals surface area contributed by atoms with Crippen LogP contribution in [0.3, 0.4) is 0 Å². The summed E-state index contributed by atoms with van der Waals surface area (Å²) < 4.78 is 0. The zero-order valence-electron chi connectivity index (χ0n) is 6.44. The van der Waals surface area contributed by atoms with E-state index in [9.17, 15) is 0 Å². The van der Waals surface area contributed by atoms with E-state index in [0.29, 0.717) is 6.04 Å². The fourth-order valence-electron chi connectivity index (χ4n) is 1.24. The third-order valence-corrected chi connectivity index (χ3v) is 1.88. The van der Waals surface area contributed by atoms with Gasteiger partial charge in [0.05, 0.1) is 6.04 Å². The first-order valence-corrected chi connectivity index (χ1v) is 3.75. The highest BCUT2D eigenvalue weighted by atomic mass is 15.2. The second-order valence-electron chi connectivity index (χ2n) is 2.68. The summed E-state index contributed by atoms with van der Waals surface area (Å²) in [6.45, 7) is 2.15. The Morgan fingerprint density at radius 1 is 1.45 bits per heavy atom. The lowest BCUT2D eigenvalue weighted by Crippen LogP contribution is -2.34. The van der Waals surface area contributed by atoms with Crippen molar-refractivity contribution >= 4 is 5.84 Å². The molecule has 11 heavy (non-hydrogen) atoms. The smallest absolute Gasteiger partial charge is 0.132 e. The van der Waals surface area contributed by atoms with Crippen LogP contribution in [0, 0.1) is 0 Å². The molecule has 0 spiro atoms. The molecular weight excluding hydrogens is 136 g/mol. The second-order valence-corrected chi connectivity index (χ2v) is 2.68. The first-order chi connectivity index (χ1) is 5.38. The number of fused-ring (bicyclic) bond motifs is 1. The van der Waals surface area contributed by atoms with E-state index in [1.165, 1.54) is 0 Å². The first-order valence-electron chi connectivity index (χ1n) is 3.75. The van der Waals surface area contributed by atoms with Crippen molar-refractivity contribution in [3.05, 3.63) is 36.7 Å². The Labute approximate surface area is 66.2 Å². The van der Waals surface area contributed by atoms with Gasteiger partial charge in [-0.15, -0.1) is 0 Å². The predicted molar refractivity (Wildman–Crippen MR) is 46.2 cm³/mol. The van der Waals surface area contributed by atoms with Crippen LogP contribution < -0.4 is 0 Å². The van der Waals surface area contributed by atoms with Gasteiger partial charge in [-0.3, -0.25) is 0 Å². The van der Waals surface area contributed by atoms with Crippen molar-refractivity contribution in [3.8, 4) is 0 Å². The van der Waals surface area contributed by atoms with E-state index in [1.807, 2.05) is 30.6 Å². The topological polar surface area (TPSA) is 15.6 Å². The number of rotatable bonds is 0. The van der Waals surface area contributed by atoms with Crippen molar-refractivity contribution < 1.29 is 0 Å². The maximum atomic E-state index is 4.23. The summed E-state index contributed by atoms with van der Waals surface area (Å²) in [5, 5.41) is 0. The van der Waals surface area contributed by atoms with Gasteiger partial charge in [-0.25, -0.2) is 4.99 Å². The monoisotopic (exact) mass is 146 g/mol. The van der Waals surface area contributed by atoms with Crippen molar-refractivity contribution in [1.82, 2.24) is 4.90 Å². The zero-order chi connectivity index (χ0) is 7.68. The Morgan fingerprint density at radius 2 is 2.36 bits per heavy atom. The SMILES string of the molecule is CC1C=CN=C2C=CC=CN21. The van der Waals surface area contributed by atoms with E-state index in [-0.39, 0.29) is 0 Å². The molecule has 0 fully saturated rings. The lowest BCUT2D eigenvalue weighted by Gasteiger charge is -2.28. The van der Waals surface area contributed by atoms with Crippen molar-refractivity contribution in [2.45, 2.75) is 13.0 Å². The molecule has 1 atom stereocenters. The van der Waals surface area contributed by atoms with Gasteiger partial charge in [0, 0.05) is 12.4 Å². The largest absolute Gasteiger partial charge is 0.326 e. The normalized spacial score (nSPS) is 26.8. The zero-order valence-corrected chi connectivity index (χ0v) is 6.44. The highest BCUT2D eigenvalue weighted by Crippen LogP contribution is 2.12. The maximum Gasteiger partial charge on any atom is 0.132 e. The summed E-state index contributed by atoms with van der Waals surface area (Å²) in [5.74, 6) is 1.03. The highest BCUT2D eigenvalue weighted by Gasteiger charge is 2.15. The van der Waals surface area contributed by atoms with Crippen molar-refractivity contribution in [2.24, 2.45) is 4.99 Å². The van der Waals surface area contributed by atoms with E-state index < -0.39 is 0 Å². The third kappa shape index (κ3) is 1.00. The van der Waals surface area contributed by atoms with Crippen LogP contribution in [0.2, 0.25) is 0 Å². The Balaban J connectivity index is 2.35. The molecule has 0 aromatic heterocycles. The molecule has 0 saturated carbocycles. The molecule has 0 aromatic rings. The minimum atomic E-state index is 0.434. The molecule has 0 radical (unpaired) electrons. The van der Waals surface area contributed by atoms with Crippen molar-refractivity contribution in [1.29, 1.82) is 0 Å². The summed E-state index contributed by atoms with van der Waals surface area (Å²) in [7, 11) is 0. The van der Waals surface area contributed by atoms with Gasteiger partial charge in [-0.05, 0) is 25.2 Å². The van der Waals surface area contributed by atoms with E-state index >= 15 is 0 Å². The molecule has 2 nitrogen and oxygen atoms in total. The molecule has 0 N–H and O–H groups in total. The average molecular weight is 146 g/mol. The number of allylic oxidation sites excluding steroid dienone is 2. The lowest BCUT2D eigenvalue weighted by atomic mass is 10.2. The van der Waals surface area contributed by atoms with Crippen LogP contribution in [0.5, 0.6) is 0 Å². The summed E-state index contributed by atoms with van der Waals surface area (Å²) in [5.41, 5.74) is 0. The summed E-state index contributed by atoms with van der Waals surface area (Å²) in [4.78, 5) is 6.36. The van der Waals surface area contributed by atoms with E-state index in [0.717, 1.165) is 5.84 Å². The molecule has 2 rings (SSSR count). The van der Waals surface area contributed by atoms with E-state index in [2.05, 4.69) is 22.9 Å². The van der Waals surface area contributed by atoms with E-state index in [1.54, 1.807) is 0 Å². The molecule has 2 heterocycles. The molecule has 0 amide bonds. The average Bonchev–Trinajstić information content (AvgIpc) is 2.06. The van der Waals surface area contributed by atoms with Gasteiger partial charge < -0.3 is 4.90 Å². The Hall–Kier alpha value is -1.31. The molecule has 1 unspecified atom stereocenters. The number of aliphatic imine (C=N–C) groups is 1. The van der Waals surface area contributed by atoms with Gasteiger partial charge in [0.25, 0.3) is 0 Å². The van der Waals surface area contributed by atoms with Crippen molar-refractivity contribution in [2.75, 3.05) is 0 Å². The number of hydrogen-bond donors (Lipinski definition) is 0. The van der Waals surface area contributed by atoms with Gasteiger partial charge in [0.15, 0.2) is 0 Å². The minimum absolute atomic E-state index is 0.434. The van der Waals surface area contributed by atoms with Gasteiger partial charge in [0.1, 0.15) is 5.84 Å². The molecule has 2 heteroatoms. The van der Waals surface area contributed by atoms with E-state index in [4.69, 9.17) is 0 Å². The summed E-state index contributed by atoms with van der Waals surface area (Å²) >= 11 is 0. The summed E-state index contributed by atoms with van der Waals surface area (Å²) in [6.07, 6.45) is 12.0. The molecule has 0 saturated heterocycles. The number of nitrogens with zero attached hydrogens (tertiary/aromatic N) is 2. The van der Waals surface area contributed by atoms with Crippen LogP contribution in [0.15, 0.2) is 41.7 Å². The Kier molecular flexibility index (Phi) is 1.39. The van der Waals surface area contributed by atoms with Crippen molar-refractivity contribution in [3.63, 3.8) is 0 Å². The molecule has 0 bridgehead atoms. The number of hydrogen-bond acceptors (Lipinski definition) is 2. The fraction of sp³-hybridized carbons (Fsp3) is 0.222. The van der Waals surface area contributed by atoms with Gasteiger partial charge in [-0.1, -0.05) is 6.08 Å². The molecule has 0 aromatic carbocycles.